The van der Waals surface area contributed by atoms with Gasteiger partial charge in [0.1, 0.15) is 12.4 Å². The van der Waals surface area contributed by atoms with Gasteiger partial charge in [-0.3, -0.25) is 0 Å². The van der Waals surface area contributed by atoms with Crippen LogP contribution in [-0.2, 0) is 13.2 Å². The summed E-state index contributed by atoms with van der Waals surface area (Å²) in [5, 5.41) is 3.88. The molecule has 5 heteroatoms. The molecule has 1 unspecified atom stereocenters. The summed E-state index contributed by atoms with van der Waals surface area (Å²) in [5.41, 5.74) is 2.60. The van der Waals surface area contributed by atoms with Crippen molar-refractivity contribution in [2.75, 3.05) is 6.61 Å². The summed E-state index contributed by atoms with van der Waals surface area (Å²) in [7, 11) is 0. The Morgan fingerprint density at radius 1 is 1.00 bits per heavy atom. The van der Waals surface area contributed by atoms with Crippen molar-refractivity contribution in [3.8, 4) is 11.5 Å². The van der Waals surface area contributed by atoms with Crippen molar-refractivity contribution in [3.05, 3.63) is 57.8 Å². The van der Waals surface area contributed by atoms with Gasteiger partial charge in [0.05, 0.1) is 11.1 Å². The summed E-state index contributed by atoms with van der Waals surface area (Å²) in [6.45, 7) is 6.14. The Morgan fingerprint density at radius 2 is 1.64 bits per heavy atom. The quantitative estimate of drug-likeness (QED) is 0.381. The number of nitrogens with one attached hydrogen (secondary N) is 1. The summed E-state index contributed by atoms with van der Waals surface area (Å²) in [5.74, 6) is 4.10. The summed E-state index contributed by atoms with van der Waals surface area (Å²) in [4.78, 5) is 0. The Balaban J connectivity index is 1.26. The molecule has 2 aromatic rings. The van der Waals surface area contributed by atoms with Gasteiger partial charge in [0.25, 0.3) is 0 Å². The Labute approximate surface area is 205 Å². The lowest BCUT2D eigenvalue weighted by molar-refractivity contribution is -0.0706. The van der Waals surface area contributed by atoms with Gasteiger partial charge in [-0.2, -0.15) is 0 Å². The number of hydrogen-bond acceptors (Lipinski definition) is 3. The lowest BCUT2D eigenvalue weighted by atomic mass is 9.48. The van der Waals surface area contributed by atoms with Crippen LogP contribution in [0.15, 0.2) is 40.9 Å². The zero-order chi connectivity index (χ0) is 23.0. The zero-order valence-electron chi connectivity index (χ0n) is 19.7. The minimum atomic E-state index is -0.241. The molecular formula is C28H35BrFNO2. The third-order valence-corrected chi connectivity index (χ3v) is 8.87. The Hall–Kier alpha value is -1.59. The molecule has 4 saturated carbocycles. The highest BCUT2D eigenvalue weighted by Gasteiger charge is 2.52. The van der Waals surface area contributed by atoms with E-state index in [2.05, 4.69) is 40.3 Å². The van der Waals surface area contributed by atoms with Crippen LogP contribution in [0.2, 0.25) is 0 Å². The molecule has 1 N–H and O–H groups in total. The van der Waals surface area contributed by atoms with Gasteiger partial charge in [0.15, 0.2) is 11.5 Å². The molecule has 0 radical (unpaired) electrons. The van der Waals surface area contributed by atoms with Crippen LogP contribution in [0.25, 0.3) is 0 Å². The first kappa shape index (κ1) is 23.2. The molecule has 0 heterocycles. The molecule has 0 saturated heterocycles. The predicted molar refractivity (Wildman–Crippen MR) is 133 cm³/mol. The highest BCUT2D eigenvalue weighted by molar-refractivity contribution is 9.10. The van der Waals surface area contributed by atoms with Crippen molar-refractivity contribution in [1.82, 2.24) is 5.32 Å². The lowest BCUT2D eigenvalue weighted by Gasteiger charge is -2.59. The van der Waals surface area contributed by atoms with Gasteiger partial charge in [-0.25, -0.2) is 4.39 Å². The van der Waals surface area contributed by atoms with Gasteiger partial charge in [0.2, 0.25) is 0 Å². The summed E-state index contributed by atoms with van der Waals surface area (Å²) in [6, 6.07) is 11.1. The number of halogens is 2. The van der Waals surface area contributed by atoms with Crippen LogP contribution < -0.4 is 14.8 Å². The molecule has 33 heavy (non-hydrogen) atoms. The molecule has 2 aromatic carbocycles. The average Bonchev–Trinajstić information content (AvgIpc) is 2.77. The van der Waals surface area contributed by atoms with Gasteiger partial charge in [-0.05, 0) is 127 Å². The number of benzene rings is 2. The van der Waals surface area contributed by atoms with Gasteiger partial charge >= 0.3 is 0 Å². The highest BCUT2D eigenvalue weighted by atomic mass is 79.9. The van der Waals surface area contributed by atoms with Crippen molar-refractivity contribution in [2.45, 2.75) is 71.6 Å². The fourth-order valence-corrected chi connectivity index (χ4v) is 7.66. The van der Waals surface area contributed by atoms with Crippen LogP contribution in [0, 0.1) is 29.0 Å². The summed E-state index contributed by atoms with van der Waals surface area (Å²) in [6.07, 6.45) is 8.69. The maximum atomic E-state index is 13.2. The fraction of sp³-hybridized carbons (Fsp3) is 0.571. The van der Waals surface area contributed by atoms with E-state index in [1.807, 2.05) is 6.92 Å². The van der Waals surface area contributed by atoms with E-state index in [0.29, 0.717) is 30.4 Å². The van der Waals surface area contributed by atoms with E-state index in [4.69, 9.17) is 9.47 Å². The number of ether oxygens (including phenoxy) is 2. The van der Waals surface area contributed by atoms with Crippen LogP contribution in [-0.4, -0.2) is 12.6 Å². The normalized spacial score (nSPS) is 28.7. The lowest BCUT2D eigenvalue weighted by Crippen LogP contribution is -2.54. The SMILES string of the molecule is CCOc1cc(CNC(C)C23CC4CC(CC(C4)C2)C3)cc(Br)c1OCc1ccc(F)cc1. The monoisotopic (exact) mass is 515 g/mol. The summed E-state index contributed by atoms with van der Waals surface area (Å²) < 4.78 is 26.1. The van der Waals surface area contributed by atoms with Crippen molar-refractivity contribution in [2.24, 2.45) is 23.2 Å². The Kier molecular flexibility index (Phi) is 6.72. The molecule has 0 aromatic heterocycles. The Bertz CT molecular complexity index is 941. The molecule has 4 bridgehead atoms. The molecule has 3 nitrogen and oxygen atoms in total. The molecule has 0 aliphatic heterocycles. The third-order valence-electron chi connectivity index (χ3n) is 8.28. The van der Waals surface area contributed by atoms with Crippen LogP contribution in [0.3, 0.4) is 0 Å². The smallest absolute Gasteiger partial charge is 0.175 e. The van der Waals surface area contributed by atoms with Gasteiger partial charge in [-0.15, -0.1) is 0 Å². The molecule has 0 spiro atoms. The second-order valence-electron chi connectivity index (χ2n) is 10.6. The second kappa shape index (κ2) is 9.58. The van der Waals surface area contributed by atoms with Gasteiger partial charge < -0.3 is 14.8 Å². The highest BCUT2D eigenvalue weighted by Crippen LogP contribution is 2.61. The fourth-order valence-electron chi connectivity index (χ4n) is 7.06. The van der Waals surface area contributed by atoms with E-state index in [1.54, 1.807) is 12.1 Å². The largest absolute Gasteiger partial charge is 0.490 e. The van der Waals surface area contributed by atoms with Crippen molar-refractivity contribution < 1.29 is 13.9 Å². The minimum absolute atomic E-state index is 0.241. The average molecular weight is 516 g/mol. The van der Waals surface area contributed by atoms with Crippen LogP contribution in [0.5, 0.6) is 11.5 Å². The van der Waals surface area contributed by atoms with Gasteiger partial charge in [0, 0.05) is 12.6 Å². The van der Waals surface area contributed by atoms with Crippen molar-refractivity contribution in [1.29, 1.82) is 0 Å². The molecule has 4 aliphatic carbocycles. The Morgan fingerprint density at radius 3 is 2.24 bits per heavy atom. The van der Waals surface area contributed by atoms with E-state index in [-0.39, 0.29) is 5.82 Å². The van der Waals surface area contributed by atoms with E-state index in [0.717, 1.165) is 40.1 Å². The van der Waals surface area contributed by atoms with Crippen LogP contribution in [0.4, 0.5) is 4.39 Å². The maximum absolute atomic E-state index is 13.2. The maximum Gasteiger partial charge on any atom is 0.175 e. The molecule has 4 fully saturated rings. The van der Waals surface area contributed by atoms with E-state index < -0.39 is 0 Å². The molecule has 178 valence electrons. The van der Waals surface area contributed by atoms with Crippen molar-refractivity contribution >= 4 is 15.9 Å². The first-order valence-corrected chi connectivity index (χ1v) is 13.3. The molecule has 6 rings (SSSR count). The van der Waals surface area contributed by atoms with Crippen LogP contribution >= 0.6 is 15.9 Å². The third kappa shape index (κ3) is 4.95. The summed E-state index contributed by atoms with van der Waals surface area (Å²) >= 11 is 3.70. The standard InChI is InChI=1S/C28H35BrFNO2/c1-3-32-26-12-23(11-25(29)27(26)33-17-19-4-6-24(30)7-5-19)16-31-18(2)28-13-20-8-21(14-28)10-22(9-20)15-28/h4-7,11-12,18,20-22,31H,3,8-10,13-17H2,1-2H3. The molecular weight excluding hydrogens is 481 g/mol. The van der Waals surface area contributed by atoms with E-state index >= 15 is 0 Å². The second-order valence-corrected chi connectivity index (χ2v) is 11.5. The topological polar surface area (TPSA) is 30.5 Å². The zero-order valence-corrected chi connectivity index (χ0v) is 21.3. The number of hydrogen-bond donors (Lipinski definition) is 1. The minimum Gasteiger partial charge on any atom is -0.490 e. The van der Waals surface area contributed by atoms with Crippen LogP contribution in [0.1, 0.15) is 63.5 Å². The molecule has 0 amide bonds. The van der Waals surface area contributed by atoms with E-state index in [1.165, 1.54) is 56.2 Å². The van der Waals surface area contributed by atoms with E-state index in [9.17, 15) is 4.39 Å². The predicted octanol–water partition coefficient (Wildman–Crippen LogP) is 7.26. The first-order chi connectivity index (χ1) is 15.9. The number of rotatable bonds is 9. The molecule has 1 atom stereocenters. The molecule has 4 aliphatic rings. The van der Waals surface area contributed by atoms with Gasteiger partial charge in [-0.1, -0.05) is 12.1 Å². The van der Waals surface area contributed by atoms with Crippen molar-refractivity contribution in [3.63, 3.8) is 0 Å². The first-order valence-electron chi connectivity index (χ1n) is 12.5.